The number of para-hydroxylation sites is 1. The van der Waals surface area contributed by atoms with Crippen LogP contribution in [0.4, 0.5) is 10.1 Å². The molecule has 0 spiro atoms. The van der Waals surface area contributed by atoms with Gasteiger partial charge in [-0.05, 0) is 23.8 Å². The van der Waals surface area contributed by atoms with E-state index in [1.807, 2.05) is 25.2 Å². The number of anilines is 1. The van der Waals surface area contributed by atoms with Crippen molar-refractivity contribution < 1.29 is 9.60 Å². The number of amidine groups is 1. The van der Waals surface area contributed by atoms with Crippen LogP contribution in [0.1, 0.15) is 11.1 Å². The van der Waals surface area contributed by atoms with Crippen molar-refractivity contribution in [3.63, 3.8) is 0 Å². The van der Waals surface area contributed by atoms with Gasteiger partial charge in [-0.25, -0.2) is 4.39 Å². The molecule has 0 aliphatic rings. The van der Waals surface area contributed by atoms with E-state index < -0.39 is 0 Å². The van der Waals surface area contributed by atoms with Crippen molar-refractivity contribution in [3.8, 4) is 0 Å². The minimum Gasteiger partial charge on any atom is -0.409 e. The average molecular weight is 273 g/mol. The van der Waals surface area contributed by atoms with Gasteiger partial charge in [0.25, 0.3) is 0 Å². The van der Waals surface area contributed by atoms with Crippen molar-refractivity contribution in [2.24, 2.45) is 10.9 Å². The number of nitrogens with zero attached hydrogens (tertiary/aromatic N) is 2. The quantitative estimate of drug-likeness (QED) is 0.389. The predicted molar refractivity (Wildman–Crippen MR) is 77.5 cm³/mol. The molecule has 0 heterocycles. The molecule has 0 saturated carbocycles. The first-order valence-electron chi connectivity index (χ1n) is 6.14. The summed E-state index contributed by atoms with van der Waals surface area (Å²) in [6.07, 6.45) is 0. The highest BCUT2D eigenvalue weighted by atomic mass is 19.1. The first-order valence-corrected chi connectivity index (χ1v) is 6.14. The minimum absolute atomic E-state index is 0.0559. The summed E-state index contributed by atoms with van der Waals surface area (Å²) < 4.78 is 13.7. The summed E-state index contributed by atoms with van der Waals surface area (Å²) in [7, 11) is 1.81. The van der Waals surface area contributed by atoms with Crippen molar-refractivity contribution in [2.45, 2.75) is 6.54 Å². The van der Waals surface area contributed by atoms with E-state index in [2.05, 4.69) is 5.16 Å². The van der Waals surface area contributed by atoms with Gasteiger partial charge in [0, 0.05) is 19.2 Å². The molecule has 104 valence electrons. The van der Waals surface area contributed by atoms with E-state index in [4.69, 9.17) is 10.9 Å². The summed E-state index contributed by atoms with van der Waals surface area (Å²) in [5.74, 6) is -0.206. The summed E-state index contributed by atoms with van der Waals surface area (Å²) in [6.45, 7) is 0.521. The molecule has 0 aliphatic heterocycles. The van der Waals surface area contributed by atoms with E-state index in [-0.39, 0.29) is 11.7 Å². The molecule has 0 amide bonds. The fraction of sp³-hybridized carbons (Fsp3) is 0.133. The van der Waals surface area contributed by atoms with Crippen LogP contribution >= 0.6 is 0 Å². The fourth-order valence-electron chi connectivity index (χ4n) is 2.01. The third kappa shape index (κ3) is 3.06. The zero-order chi connectivity index (χ0) is 14.5. The third-order valence-corrected chi connectivity index (χ3v) is 3.01. The number of rotatable bonds is 4. The first kappa shape index (κ1) is 13.9. The Balaban J connectivity index is 2.20. The van der Waals surface area contributed by atoms with Crippen LogP contribution < -0.4 is 10.6 Å². The Morgan fingerprint density at radius 3 is 2.70 bits per heavy atom. The molecule has 20 heavy (non-hydrogen) atoms. The second kappa shape index (κ2) is 6.06. The molecule has 5 heteroatoms. The number of hydrogen-bond acceptors (Lipinski definition) is 3. The standard InChI is InChI=1S/C15H16FN3O/c1-19(14-8-3-2-7-13(14)16)10-11-5-4-6-12(9-11)15(17)18-20/h2-9,20H,10H2,1H3,(H2,17,18). The molecular formula is C15H16FN3O. The van der Waals surface area contributed by atoms with Crippen LogP contribution in [-0.2, 0) is 6.54 Å². The van der Waals surface area contributed by atoms with E-state index in [1.54, 1.807) is 29.2 Å². The molecule has 2 rings (SSSR count). The molecule has 0 aromatic heterocycles. The summed E-state index contributed by atoms with van der Waals surface area (Å²) in [4.78, 5) is 1.81. The maximum Gasteiger partial charge on any atom is 0.170 e. The Morgan fingerprint density at radius 2 is 2.00 bits per heavy atom. The average Bonchev–Trinajstić information content (AvgIpc) is 2.47. The van der Waals surface area contributed by atoms with E-state index in [0.717, 1.165) is 5.56 Å². The van der Waals surface area contributed by atoms with Crippen LogP contribution in [0, 0.1) is 5.82 Å². The van der Waals surface area contributed by atoms with Gasteiger partial charge < -0.3 is 15.8 Å². The topological polar surface area (TPSA) is 61.8 Å². The van der Waals surface area contributed by atoms with Crippen molar-refractivity contribution in [2.75, 3.05) is 11.9 Å². The zero-order valence-electron chi connectivity index (χ0n) is 11.1. The molecule has 2 aromatic carbocycles. The van der Waals surface area contributed by atoms with Gasteiger partial charge in [-0.2, -0.15) is 0 Å². The maximum absolute atomic E-state index is 13.7. The highest BCUT2D eigenvalue weighted by Crippen LogP contribution is 2.19. The summed E-state index contributed by atoms with van der Waals surface area (Å²) in [5.41, 5.74) is 7.66. The molecule has 0 fully saturated rings. The highest BCUT2D eigenvalue weighted by Gasteiger charge is 2.08. The monoisotopic (exact) mass is 273 g/mol. The van der Waals surface area contributed by atoms with Crippen molar-refractivity contribution in [1.82, 2.24) is 0 Å². The third-order valence-electron chi connectivity index (χ3n) is 3.01. The molecule has 0 atom stereocenters. The van der Waals surface area contributed by atoms with Gasteiger partial charge in [-0.3, -0.25) is 0 Å². The molecule has 2 aromatic rings. The Kier molecular flexibility index (Phi) is 4.20. The lowest BCUT2D eigenvalue weighted by atomic mass is 10.1. The summed E-state index contributed by atoms with van der Waals surface area (Å²) in [6, 6.07) is 13.9. The minimum atomic E-state index is -0.261. The zero-order valence-corrected chi connectivity index (χ0v) is 11.1. The van der Waals surface area contributed by atoms with Gasteiger partial charge in [0.15, 0.2) is 5.84 Å². The van der Waals surface area contributed by atoms with Crippen molar-refractivity contribution >= 4 is 11.5 Å². The Bertz CT molecular complexity index is 628. The lowest BCUT2D eigenvalue weighted by Gasteiger charge is -2.20. The van der Waals surface area contributed by atoms with E-state index in [0.29, 0.717) is 17.8 Å². The number of halogens is 1. The Labute approximate surface area is 116 Å². The maximum atomic E-state index is 13.7. The highest BCUT2D eigenvalue weighted by molar-refractivity contribution is 5.97. The van der Waals surface area contributed by atoms with Crippen LogP contribution in [0.25, 0.3) is 0 Å². The molecule has 0 unspecified atom stereocenters. The van der Waals surface area contributed by atoms with Gasteiger partial charge in [0.05, 0.1) is 5.69 Å². The molecule has 0 aliphatic carbocycles. The van der Waals surface area contributed by atoms with E-state index >= 15 is 0 Å². The summed E-state index contributed by atoms with van der Waals surface area (Å²) in [5, 5.41) is 11.7. The van der Waals surface area contributed by atoms with Gasteiger partial charge in [-0.15, -0.1) is 0 Å². The predicted octanol–water partition coefficient (Wildman–Crippen LogP) is 2.56. The number of nitrogens with two attached hydrogens (primary N) is 1. The van der Waals surface area contributed by atoms with Crippen LogP contribution in [0.5, 0.6) is 0 Å². The molecule has 0 saturated heterocycles. The molecular weight excluding hydrogens is 257 g/mol. The number of hydrogen-bond donors (Lipinski definition) is 2. The summed E-state index contributed by atoms with van der Waals surface area (Å²) >= 11 is 0. The number of oxime groups is 1. The van der Waals surface area contributed by atoms with Gasteiger partial charge >= 0.3 is 0 Å². The fourth-order valence-corrected chi connectivity index (χ4v) is 2.01. The molecule has 0 radical (unpaired) electrons. The molecule has 4 nitrogen and oxygen atoms in total. The van der Waals surface area contributed by atoms with Gasteiger partial charge in [0.2, 0.25) is 0 Å². The Hall–Kier alpha value is -2.56. The second-order valence-electron chi connectivity index (χ2n) is 4.49. The lowest BCUT2D eigenvalue weighted by Crippen LogP contribution is -2.18. The van der Waals surface area contributed by atoms with Crippen LogP contribution in [0.2, 0.25) is 0 Å². The molecule has 0 bridgehead atoms. The second-order valence-corrected chi connectivity index (χ2v) is 4.49. The molecule has 3 N–H and O–H groups in total. The van der Waals surface area contributed by atoms with Crippen molar-refractivity contribution in [1.29, 1.82) is 0 Å². The lowest BCUT2D eigenvalue weighted by molar-refractivity contribution is 0.318. The number of benzene rings is 2. The SMILES string of the molecule is CN(Cc1cccc(C(N)=NO)c1)c1ccccc1F. The largest absolute Gasteiger partial charge is 0.409 e. The van der Waals surface area contributed by atoms with E-state index in [9.17, 15) is 4.39 Å². The van der Waals surface area contributed by atoms with Crippen LogP contribution in [-0.4, -0.2) is 18.1 Å². The van der Waals surface area contributed by atoms with Crippen LogP contribution in [0.15, 0.2) is 53.7 Å². The van der Waals surface area contributed by atoms with Crippen molar-refractivity contribution in [3.05, 3.63) is 65.5 Å². The normalized spacial score (nSPS) is 11.4. The van der Waals surface area contributed by atoms with E-state index in [1.165, 1.54) is 6.07 Å². The van der Waals surface area contributed by atoms with Gasteiger partial charge in [-0.1, -0.05) is 35.5 Å². The first-order chi connectivity index (χ1) is 9.61. The Morgan fingerprint density at radius 1 is 1.25 bits per heavy atom. The smallest absolute Gasteiger partial charge is 0.170 e. The van der Waals surface area contributed by atoms with Crippen LogP contribution in [0.3, 0.4) is 0 Å². The van der Waals surface area contributed by atoms with Gasteiger partial charge in [0.1, 0.15) is 5.82 Å².